The van der Waals surface area contributed by atoms with Crippen LogP contribution in [-0.2, 0) is 14.9 Å². The van der Waals surface area contributed by atoms with Crippen molar-refractivity contribution < 1.29 is 18.7 Å². The summed E-state index contributed by atoms with van der Waals surface area (Å²) in [6, 6.07) is 11.8. The van der Waals surface area contributed by atoms with Gasteiger partial charge in [-0.25, -0.2) is 4.39 Å². The molecule has 3 aliphatic rings. The van der Waals surface area contributed by atoms with E-state index in [9.17, 15) is 9.18 Å². The van der Waals surface area contributed by atoms with Gasteiger partial charge in [0.2, 0.25) is 0 Å². The molecule has 5 heteroatoms. The fourth-order valence-electron chi connectivity index (χ4n) is 5.41. The third-order valence-electron chi connectivity index (χ3n) is 7.49. The Labute approximate surface area is 208 Å². The number of halogens is 1. The molecule has 2 aromatic carbocycles. The molecule has 1 aliphatic carbocycles. The quantitative estimate of drug-likeness (QED) is 0.360. The number of hydrogen-bond acceptors (Lipinski definition) is 4. The summed E-state index contributed by atoms with van der Waals surface area (Å²) in [4.78, 5) is 14.4. The van der Waals surface area contributed by atoms with Crippen LogP contribution >= 0.6 is 0 Å². The first-order valence-corrected chi connectivity index (χ1v) is 12.9. The topological polar surface area (TPSA) is 38.8 Å². The van der Waals surface area contributed by atoms with Gasteiger partial charge < -0.3 is 14.4 Å². The number of fused-ring (bicyclic) bond motifs is 2. The second-order valence-corrected chi connectivity index (χ2v) is 11.4. The Kier molecular flexibility index (Phi) is 6.47. The molecule has 0 radical (unpaired) electrons. The van der Waals surface area contributed by atoms with Crippen molar-refractivity contribution >= 4 is 18.1 Å². The van der Waals surface area contributed by atoms with Gasteiger partial charge in [-0.15, -0.1) is 0 Å². The van der Waals surface area contributed by atoms with Gasteiger partial charge in [-0.2, -0.15) is 0 Å². The first-order chi connectivity index (χ1) is 16.7. The molecule has 5 rings (SSSR count). The zero-order valence-electron chi connectivity index (χ0n) is 21.1. The molecule has 35 heavy (non-hydrogen) atoms. The van der Waals surface area contributed by atoms with E-state index in [0.717, 1.165) is 62.2 Å². The highest BCUT2D eigenvalue weighted by Gasteiger charge is 2.43. The monoisotopic (exact) mass is 477 g/mol. The predicted molar refractivity (Wildman–Crippen MR) is 137 cm³/mol. The van der Waals surface area contributed by atoms with E-state index in [4.69, 9.17) is 9.47 Å². The number of esters is 1. The van der Waals surface area contributed by atoms with E-state index >= 15 is 0 Å². The molecule has 0 unspecified atom stereocenters. The summed E-state index contributed by atoms with van der Waals surface area (Å²) in [6.45, 7) is 9.05. The molecule has 2 fully saturated rings. The lowest BCUT2D eigenvalue weighted by Crippen LogP contribution is -2.44. The summed E-state index contributed by atoms with van der Waals surface area (Å²) in [6.07, 6.45) is 8.68. The number of nitrogens with zero attached hydrogens (tertiary/aromatic N) is 1. The van der Waals surface area contributed by atoms with Gasteiger partial charge in [-0.05, 0) is 88.7 Å². The number of likely N-dealkylation sites (tertiary alicyclic amines) is 1. The van der Waals surface area contributed by atoms with Crippen molar-refractivity contribution in [3.05, 3.63) is 64.5 Å². The second-order valence-electron chi connectivity index (χ2n) is 11.4. The molecule has 186 valence electrons. The Bertz CT molecular complexity index is 1120. The fraction of sp³-hybridized carbons (Fsp3) is 0.500. The predicted octanol–water partition coefficient (Wildman–Crippen LogP) is 6.33. The number of piperidine rings is 1. The lowest BCUT2D eigenvalue weighted by molar-refractivity contribution is -0.155. The van der Waals surface area contributed by atoms with Crippen LogP contribution in [-0.4, -0.2) is 42.7 Å². The van der Waals surface area contributed by atoms with Gasteiger partial charge in [0.1, 0.15) is 17.2 Å². The maximum Gasteiger partial charge on any atom is 0.307 e. The largest absolute Gasteiger partial charge is 0.492 e. The number of hydrogen-bond donors (Lipinski definition) is 0. The van der Waals surface area contributed by atoms with Crippen molar-refractivity contribution in [3.8, 4) is 5.75 Å². The van der Waals surface area contributed by atoms with Crippen LogP contribution in [0, 0.1) is 5.82 Å². The van der Waals surface area contributed by atoms with Gasteiger partial charge in [0.25, 0.3) is 0 Å². The molecule has 4 nitrogen and oxygen atoms in total. The van der Waals surface area contributed by atoms with Gasteiger partial charge in [-0.3, -0.25) is 4.79 Å². The molecule has 0 N–H and O–H groups in total. The highest BCUT2D eigenvalue weighted by atomic mass is 19.1. The number of rotatable bonds is 6. The molecule has 0 amide bonds. The Hall–Kier alpha value is -2.66. The van der Waals surface area contributed by atoms with E-state index in [0.29, 0.717) is 24.5 Å². The van der Waals surface area contributed by atoms with Crippen molar-refractivity contribution in [1.82, 2.24) is 4.90 Å². The summed E-state index contributed by atoms with van der Waals surface area (Å²) in [7, 11) is 0. The number of ether oxygens (including phenoxy) is 2. The van der Waals surface area contributed by atoms with Crippen LogP contribution in [0.4, 0.5) is 4.39 Å². The normalized spacial score (nSPS) is 19.7. The lowest BCUT2D eigenvalue weighted by atomic mass is 9.74. The molecule has 0 atom stereocenters. The Morgan fingerprint density at radius 1 is 1.17 bits per heavy atom. The first kappa shape index (κ1) is 24.1. The number of carbonyl (C=O) groups excluding carboxylic acids is 1. The van der Waals surface area contributed by atoms with E-state index in [1.165, 1.54) is 5.56 Å². The molecule has 0 bridgehead atoms. The Morgan fingerprint density at radius 2 is 1.94 bits per heavy atom. The molecule has 1 saturated carbocycles. The average Bonchev–Trinajstić information content (AvgIpc) is 3.60. The maximum atomic E-state index is 14.5. The van der Waals surface area contributed by atoms with Crippen LogP contribution < -0.4 is 4.74 Å². The van der Waals surface area contributed by atoms with Crippen LogP contribution in [0.3, 0.4) is 0 Å². The van der Waals surface area contributed by atoms with Crippen molar-refractivity contribution in [3.63, 3.8) is 0 Å². The SMILES string of the molecule is CC(C)(C)OC(=O)CCN1CCC2(CC1)COc1cc(/C=C/c3c(F)cccc3C3CC3)ccc12. The van der Waals surface area contributed by atoms with Crippen LogP contribution in [0.15, 0.2) is 36.4 Å². The molecular formula is C30H36FNO3. The van der Waals surface area contributed by atoms with Gasteiger partial charge in [0, 0.05) is 23.1 Å². The zero-order chi connectivity index (χ0) is 24.6. The van der Waals surface area contributed by atoms with Gasteiger partial charge in [0.05, 0.1) is 13.0 Å². The van der Waals surface area contributed by atoms with Crippen LogP contribution in [0.25, 0.3) is 12.2 Å². The Balaban J connectivity index is 1.22. The third-order valence-corrected chi connectivity index (χ3v) is 7.49. The van der Waals surface area contributed by atoms with E-state index in [1.54, 1.807) is 6.07 Å². The summed E-state index contributed by atoms with van der Waals surface area (Å²) in [5, 5.41) is 0. The molecule has 0 aromatic heterocycles. The summed E-state index contributed by atoms with van der Waals surface area (Å²) < 4.78 is 26.1. The molecule has 2 aromatic rings. The molecule has 1 saturated heterocycles. The van der Waals surface area contributed by atoms with E-state index in [1.807, 2.05) is 39.0 Å². The molecule has 1 spiro atoms. The smallest absolute Gasteiger partial charge is 0.307 e. The molecule has 2 aliphatic heterocycles. The van der Waals surface area contributed by atoms with Crippen molar-refractivity contribution in [1.29, 1.82) is 0 Å². The van der Waals surface area contributed by atoms with Gasteiger partial charge in [-0.1, -0.05) is 36.4 Å². The molecular weight excluding hydrogens is 441 g/mol. The van der Waals surface area contributed by atoms with E-state index in [-0.39, 0.29) is 17.2 Å². The van der Waals surface area contributed by atoms with Crippen LogP contribution in [0.2, 0.25) is 0 Å². The van der Waals surface area contributed by atoms with E-state index in [2.05, 4.69) is 29.2 Å². The fourth-order valence-corrected chi connectivity index (χ4v) is 5.41. The maximum absolute atomic E-state index is 14.5. The highest BCUT2D eigenvalue weighted by Crippen LogP contribution is 2.46. The lowest BCUT2D eigenvalue weighted by Gasteiger charge is -2.38. The van der Waals surface area contributed by atoms with Gasteiger partial charge in [0.15, 0.2) is 0 Å². The minimum Gasteiger partial charge on any atom is -0.492 e. The minimum absolute atomic E-state index is 0.0463. The van der Waals surface area contributed by atoms with Gasteiger partial charge >= 0.3 is 5.97 Å². The summed E-state index contributed by atoms with van der Waals surface area (Å²) >= 11 is 0. The average molecular weight is 478 g/mol. The summed E-state index contributed by atoms with van der Waals surface area (Å²) in [5.74, 6) is 1.17. The Morgan fingerprint density at radius 3 is 2.66 bits per heavy atom. The number of benzene rings is 2. The minimum atomic E-state index is -0.434. The van der Waals surface area contributed by atoms with E-state index < -0.39 is 5.60 Å². The number of carbonyl (C=O) groups is 1. The molecule has 2 heterocycles. The van der Waals surface area contributed by atoms with Crippen molar-refractivity contribution in [2.24, 2.45) is 0 Å². The second kappa shape index (κ2) is 9.42. The van der Waals surface area contributed by atoms with Crippen molar-refractivity contribution in [2.45, 2.75) is 69.8 Å². The highest BCUT2D eigenvalue weighted by molar-refractivity contribution is 5.73. The zero-order valence-corrected chi connectivity index (χ0v) is 21.1. The first-order valence-electron chi connectivity index (χ1n) is 12.9. The third kappa shape index (κ3) is 5.45. The van der Waals surface area contributed by atoms with Crippen LogP contribution in [0.5, 0.6) is 5.75 Å². The standard InChI is InChI=1S/C30H36FNO3/c1-29(2,3)35-28(33)13-16-32-17-14-30(15-18-32)20-34-27-19-21(8-12-25(27)30)7-11-24-23(22-9-10-22)5-4-6-26(24)31/h4-8,11-12,19,22H,9-10,13-18,20H2,1-3H3/b11-7+. The van der Waals surface area contributed by atoms with Crippen molar-refractivity contribution in [2.75, 3.05) is 26.2 Å². The van der Waals surface area contributed by atoms with Crippen LogP contribution in [0.1, 0.15) is 81.0 Å². The summed E-state index contributed by atoms with van der Waals surface area (Å²) in [5.41, 5.74) is 3.76.